The molecule has 0 heterocycles. The Morgan fingerprint density at radius 3 is 2.61 bits per heavy atom. The van der Waals surface area contributed by atoms with Gasteiger partial charge in [0.25, 0.3) is 0 Å². The van der Waals surface area contributed by atoms with Crippen LogP contribution in [0.15, 0.2) is 18.2 Å². The largest absolute Gasteiger partial charge is 0.496 e. The molecule has 0 atom stereocenters. The number of nitrogens with one attached hydrogen (secondary N) is 1. The third-order valence-corrected chi connectivity index (χ3v) is 3.00. The molecule has 0 aliphatic heterocycles. The van der Waals surface area contributed by atoms with Gasteiger partial charge in [-0.25, -0.2) is 0 Å². The van der Waals surface area contributed by atoms with Gasteiger partial charge >= 0.3 is 0 Å². The van der Waals surface area contributed by atoms with Crippen LogP contribution in [0.3, 0.4) is 0 Å². The van der Waals surface area contributed by atoms with E-state index in [1.165, 1.54) is 11.1 Å². The third-order valence-electron chi connectivity index (χ3n) is 3.00. The second kappa shape index (κ2) is 6.76. The maximum Gasteiger partial charge on any atom is 0.122 e. The zero-order valence-corrected chi connectivity index (χ0v) is 12.0. The molecule has 1 aromatic rings. The third kappa shape index (κ3) is 5.07. The number of aryl methyl sites for hydroxylation is 1. The summed E-state index contributed by atoms with van der Waals surface area (Å²) in [6, 6.07) is 6.36. The summed E-state index contributed by atoms with van der Waals surface area (Å²) < 4.78 is 5.32. The zero-order chi connectivity index (χ0) is 13.6. The summed E-state index contributed by atoms with van der Waals surface area (Å²) in [5, 5.41) is 3.43. The quantitative estimate of drug-likeness (QED) is 0.731. The minimum atomic E-state index is -0.0957. The maximum absolute atomic E-state index is 5.94. The standard InChI is InChI=1S/C15H26N2O/c1-5-13-10-12(6-7-14(13)18-4)11-17-9-8-15(2,3)16/h6-7,10,17H,5,8-9,11,16H2,1-4H3. The molecule has 3 heteroatoms. The van der Waals surface area contributed by atoms with Crippen LogP contribution in [0.5, 0.6) is 5.75 Å². The molecule has 0 spiro atoms. The number of rotatable bonds is 7. The van der Waals surface area contributed by atoms with Gasteiger partial charge < -0.3 is 15.8 Å². The summed E-state index contributed by atoms with van der Waals surface area (Å²) in [6.07, 6.45) is 1.97. The predicted molar refractivity (Wildman–Crippen MR) is 77.0 cm³/mol. The first kappa shape index (κ1) is 15.0. The lowest BCUT2D eigenvalue weighted by Crippen LogP contribution is -2.35. The van der Waals surface area contributed by atoms with Crippen LogP contribution in [0.2, 0.25) is 0 Å². The lowest BCUT2D eigenvalue weighted by atomic mass is 10.0. The summed E-state index contributed by atoms with van der Waals surface area (Å²) in [4.78, 5) is 0. The van der Waals surface area contributed by atoms with Crippen LogP contribution in [0.1, 0.15) is 38.3 Å². The van der Waals surface area contributed by atoms with E-state index >= 15 is 0 Å². The Labute approximate surface area is 111 Å². The molecule has 0 radical (unpaired) electrons. The van der Waals surface area contributed by atoms with E-state index in [4.69, 9.17) is 10.5 Å². The van der Waals surface area contributed by atoms with E-state index in [1.54, 1.807) is 7.11 Å². The molecule has 102 valence electrons. The molecule has 0 aliphatic rings. The molecule has 0 amide bonds. The zero-order valence-electron chi connectivity index (χ0n) is 12.0. The Morgan fingerprint density at radius 2 is 2.06 bits per heavy atom. The van der Waals surface area contributed by atoms with E-state index in [0.717, 1.165) is 31.7 Å². The average molecular weight is 250 g/mol. The van der Waals surface area contributed by atoms with Crippen LogP contribution in [-0.4, -0.2) is 19.2 Å². The normalized spacial score (nSPS) is 11.6. The van der Waals surface area contributed by atoms with Gasteiger partial charge in [0, 0.05) is 12.1 Å². The van der Waals surface area contributed by atoms with Gasteiger partial charge in [-0.1, -0.05) is 19.1 Å². The number of hydrogen-bond donors (Lipinski definition) is 2. The molecular weight excluding hydrogens is 224 g/mol. The highest BCUT2D eigenvalue weighted by atomic mass is 16.5. The minimum absolute atomic E-state index is 0.0957. The molecule has 0 bridgehead atoms. The number of hydrogen-bond acceptors (Lipinski definition) is 3. The van der Waals surface area contributed by atoms with Crippen LogP contribution in [0.4, 0.5) is 0 Å². The maximum atomic E-state index is 5.94. The van der Waals surface area contributed by atoms with Gasteiger partial charge in [-0.3, -0.25) is 0 Å². The van der Waals surface area contributed by atoms with Gasteiger partial charge in [0.05, 0.1) is 7.11 Å². The van der Waals surface area contributed by atoms with Crippen molar-refractivity contribution in [2.75, 3.05) is 13.7 Å². The molecule has 1 rings (SSSR count). The van der Waals surface area contributed by atoms with Gasteiger partial charge in [0.1, 0.15) is 5.75 Å². The molecule has 3 nitrogen and oxygen atoms in total. The van der Waals surface area contributed by atoms with Crippen LogP contribution in [-0.2, 0) is 13.0 Å². The lowest BCUT2D eigenvalue weighted by molar-refractivity contribution is 0.410. The molecule has 0 fully saturated rings. The Bertz CT molecular complexity index is 369. The van der Waals surface area contributed by atoms with Crippen LogP contribution in [0.25, 0.3) is 0 Å². The molecule has 0 aliphatic carbocycles. The summed E-state index contributed by atoms with van der Waals surface area (Å²) in [5.41, 5.74) is 8.40. The van der Waals surface area contributed by atoms with E-state index in [2.05, 4.69) is 38.2 Å². The van der Waals surface area contributed by atoms with E-state index < -0.39 is 0 Å². The van der Waals surface area contributed by atoms with Crippen LogP contribution >= 0.6 is 0 Å². The van der Waals surface area contributed by atoms with E-state index in [-0.39, 0.29) is 5.54 Å². The number of methoxy groups -OCH3 is 1. The number of nitrogens with two attached hydrogens (primary N) is 1. The Hall–Kier alpha value is -1.06. The molecule has 18 heavy (non-hydrogen) atoms. The first-order chi connectivity index (χ1) is 8.46. The number of ether oxygens (including phenoxy) is 1. The van der Waals surface area contributed by atoms with Crippen molar-refractivity contribution in [3.8, 4) is 5.75 Å². The Kier molecular flexibility index (Phi) is 5.63. The molecule has 3 N–H and O–H groups in total. The molecule has 0 unspecified atom stereocenters. The van der Waals surface area contributed by atoms with Gasteiger partial charge in [0.2, 0.25) is 0 Å². The van der Waals surface area contributed by atoms with Crippen LogP contribution < -0.4 is 15.8 Å². The van der Waals surface area contributed by atoms with Crippen molar-refractivity contribution in [3.63, 3.8) is 0 Å². The van der Waals surface area contributed by atoms with Gasteiger partial charge in [-0.15, -0.1) is 0 Å². The minimum Gasteiger partial charge on any atom is -0.496 e. The fourth-order valence-corrected chi connectivity index (χ4v) is 1.86. The molecule has 1 aromatic carbocycles. The monoisotopic (exact) mass is 250 g/mol. The number of benzene rings is 1. The topological polar surface area (TPSA) is 47.3 Å². The average Bonchev–Trinajstić information content (AvgIpc) is 2.33. The second-order valence-electron chi connectivity index (χ2n) is 5.42. The van der Waals surface area contributed by atoms with Crippen molar-refractivity contribution in [1.82, 2.24) is 5.32 Å². The summed E-state index contributed by atoms with van der Waals surface area (Å²) in [5.74, 6) is 0.976. The highest BCUT2D eigenvalue weighted by Gasteiger charge is 2.09. The lowest BCUT2D eigenvalue weighted by Gasteiger charge is -2.18. The smallest absolute Gasteiger partial charge is 0.122 e. The van der Waals surface area contributed by atoms with E-state index in [0.29, 0.717) is 0 Å². The highest BCUT2D eigenvalue weighted by Crippen LogP contribution is 2.20. The second-order valence-corrected chi connectivity index (χ2v) is 5.42. The van der Waals surface area contributed by atoms with E-state index in [9.17, 15) is 0 Å². The first-order valence-electron chi connectivity index (χ1n) is 6.61. The summed E-state index contributed by atoms with van der Waals surface area (Å²) in [6.45, 7) is 8.07. The fraction of sp³-hybridized carbons (Fsp3) is 0.600. The Balaban J connectivity index is 2.48. The fourth-order valence-electron chi connectivity index (χ4n) is 1.86. The van der Waals surface area contributed by atoms with Crippen LogP contribution in [0, 0.1) is 0 Å². The van der Waals surface area contributed by atoms with Gasteiger partial charge in [0.15, 0.2) is 0 Å². The van der Waals surface area contributed by atoms with Crippen molar-refractivity contribution >= 4 is 0 Å². The highest BCUT2D eigenvalue weighted by molar-refractivity contribution is 5.37. The molecule has 0 saturated heterocycles. The molecular formula is C15H26N2O. The SMILES string of the molecule is CCc1cc(CNCCC(C)(C)N)ccc1OC. The van der Waals surface area contributed by atoms with Gasteiger partial charge in [-0.2, -0.15) is 0 Å². The van der Waals surface area contributed by atoms with Crippen molar-refractivity contribution < 1.29 is 4.74 Å². The summed E-state index contributed by atoms with van der Waals surface area (Å²) >= 11 is 0. The van der Waals surface area contributed by atoms with Gasteiger partial charge in [-0.05, 0) is 50.4 Å². The summed E-state index contributed by atoms with van der Waals surface area (Å²) in [7, 11) is 1.72. The van der Waals surface area contributed by atoms with Crippen molar-refractivity contribution in [3.05, 3.63) is 29.3 Å². The Morgan fingerprint density at radius 1 is 1.33 bits per heavy atom. The molecule has 0 aromatic heterocycles. The van der Waals surface area contributed by atoms with Crippen molar-refractivity contribution in [1.29, 1.82) is 0 Å². The van der Waals surface area contributed by atoms with Crippen molar-refractivity contribution in [2.45, 2.75) is 45.7 Å². The molecule has 0 saturated carbocycles. The van der Waals surface area contributed by atoms with E-state index in [1.807, 2.05) is 6.07 Å². The predicted octanol–water partition coefficient (Wildman–Crippen LogP) is 2.47. The first-order valence-corrected chi connectivity index (χ1v) is 6.61. The van der Waals surface area contributed by atoms with Crippen molar-refractivity contribution in [2.24, 2.45) is 5.73 Å².